The first-order chi connectivity index (χ1) is 25.3. The molecule has 0 fully saturated rings. The smallest absolute Gasteiger partial charge is 0.143 e. The molecule has 3 heterocycles. The van der Waals surface area contributed by atoms with Crippen molar-refractivity contribution >= 4 is 65.6 Å². The molecule has 0 aliphatic rings. The lowest BCUT2D eigenvalue weighted by molar-refractivity contribution is 0.670. The summed E-state index contributed by atoms with van der Waals surface area (Å²) in [6, 6.07) is 63.3. The van der Waals surface area contributed by atoms with E-state index in [2.05, 4.69) is 179 Å². The molecule has 3 aromatic heterocycles. The maximum Gasteiger partial charge on any atom is 0.143 e. The second-order valence-corrected chi connectivity index (χ2v) is 13.4. The van der Waals surface area contributed by atoms with E-state index in [1.165, 1.54) is 54.8 Å². The van der Waals surface area contributed by atoms with Crippen LogP contribution in [0.25, 0.3) is 105 Å². The van der Waals surface area contributed by atoms with Gasteiger partial charge in [-0.15, -0.1) is 0 Å². The highest BCUT2D eigenvalue weighted by Crippen LogP contribution is 2.42. The number of aromatic nitrogens is 2. The van der Waals surface area contributed by atoms with Crippen LogP contribution >= 0.6 is 0 Å². The van der Waals surface area contributed by atoms with Crippen molar-refractivity contribution in [3.05, 3.63) is 176 Å². The number of furan rings is 1. The predicted molar refractivity (Wildman–Crippen MR) is 214 cm³/mol. The Hall–Kier alpha value is -6.84. The molecule has 8 aromatic carbocycles. The van der Waals surface area contributed by atoms with Gasteiger partial charge in [-0.3, -0.25) is 0 Å². The molecule has 3 nitrogen and oxygen atoms in total. The van der Waals surface area contributed by atoms with Gasteiger partial charge >= 0.3 is 0 Å². The van der Waals surface area contributed by atoms with E-state index >= 15 is 0 Å². The summed E-state index contributed by atoms with van der Waals surface area (Å²) in [7, 11) is 0. The molecule has 0 aliphatic carbocycles. The number of hydrogen-bond acceptors (Lipinski definition) is 1. The van der Waals surface area contributed by atoms with Gasteiger partial charge in [-0.25, -0.2) is 0 Å². The van der Waals surface area contributed by atoms with Crippen molar-refractivity contribution in [1.82, 2.24) is 9.55 Å². The number of aromatic amines is 1. The van der Waals surface area contributed by atoms with Crippen molar-refractivity contribution in [2.45, 2.75) is 0 Å². The molecule has 0 atom stereocenters. The van der Waals surface area contributed by atoms with Crippen LogP contribution in [0.15, 0.2) is 180 Å². The minimum Gasteiger partial charge on any atom is -0.455 e. The van der Waals surface area contributed by atoms with Crippen molar-refractivity contribution in [3.63, 3.8) is 0 Å². The number of nitrogens with one attached hydrogen (secondary N) is 1. The van der Waals surface area contributed by atoms with Crippen molar-refractivity contribution in [2.75, 3.05) is 0 Å². The van der Waals surface area contributed by atoms with Gasteiger partial charge in [0.05, 0.1) is 11.0 Å². The normalized spacial score (nSPS) is 11.9. The molecule has 0 amide bonds. The lowest BCUT2D eigenvalue weighted by Gasteiger charge is -2.13. The Kier molecular flexibility index (Phi) is 5.96. The summed E-state index contributed by atoms with van der Waals surface area (Å²) in [5.74, 6) is 0. The number of benzene rings is 8. The molecule has 0 unspecified atom stereocenters. The van der Waals surface area contributed by atoms with E-state index in [-0.39, 0.29) is 0 Å². The van der Waals surface area contributed by atoms with E-state index in [4.69, 9.17) is 4.42 Å². The van der Waals surface area contributed by atoms with E-state index in [0.29, 0.717) is 0 Å². The fraction of sp³-hybridized carbons (Fsp3) is 0. The van der Waals surface area contributed by atoms with Crippen LogP contribution in [0.5, 0.6) is 0 Å². The molecule has 238 valence electrons. The van der Waals surface area contributed by atoms with Gasteiger partial charge in [0.2, 0.25) is 0 Å². The van der Waals surface area contributed by atoms with E-state index < -0.39 is 0 Å². The van der Waals surface area contributed by atoms with Gasteiger partial charge in [0.15, 0.2) is 0 Å². The van der Waals surface area contributed by atoms with Crippen LogP contribution < -0.4 is 0 Å². The summed E-state index contributed by atoms with van der Waals surface area (Å²) < 4.78 is 9.09. The summed E-state index contributed by atoms with van der Waals surface area (Å²) in [6.45, 7) is 0. The number of rotatable bonds is 4. The van der Waals surface area contributed by atoms with Crippen LogP contribution in [0.1, 0.15) is 0 Å². The maximum absolute atomic E-state index is 6.68. The quantitative estimate of drug-likeness (QED) is 0.202. The number of H-pyrrole nitrogens is 1. The van der Waals surface area contributed by atoms with Crippen LogP contribution in [0, 0.1) is 0 Å². The number of nitrogens with zero attached hydrogens (tertiary/aromatic N) is 1. The largest absolute Gasteiger partial charge is 0.455 e. The lowest BCUT2D eigenvalue weighted by atomic mass is 9.96. The van der Waals surface area contributed by atoms with Gasteiger partial charge in [-0.1, -0.05) is 115 Å². The zero-order valence-electron chi connectivity index (χ0n) is 27.6. The number of hydrogen-bond donors (Lipinski definition) is 1. The van der Waals surface area contributed by atoms with Crippen LogP contribution in [0.4, 0.5) is 0 Å². The summed E-state index contributed by atoms with van der Waals surface area (Å²) in [6.07, 6.45) is 0. The minimum absolute atomic E-state index is 0.890. The van der Waals surface area contributed by atoms with Gasteiger partial charge in [-0.05, 0) is 88.5 Å². The van der Waals surface area contributed by atoms with E-state index in [9.17, 15) is 0 Å². The average Bonchev–Trinajstić information content (AvgIpc) is 3.87. The molecule has 11 aromatic rings. The first kappa shape index (κ1) is 28.0. The van der Waals surface area contributed by atoms with Gasteiger partial charge in [0.25, 0.3) is 0 Å². The number of para-hydroxylation sites is 3. The Balaban J connectivity index is 1.15. The van der Waals surface area contributed by atoms with Gasteiger partial charge in [-0.2, -0.15) is 0 Å². The monoisotopic (exact) mass is 650 g/mol. The molecule has 51 heavy (non-hydrogen) atoms. The molecule has 0 saturated heterocycles. The molecular formula is C48H30N2O. The SMILES string of the molecule is c1ccc(-c2ccc3c(c2)c2ccccc2n3-c2cc(-c3cccc(-c4ccc5[nH]c6ccccc6c5c4)c3)c3oc4ccccc4c3c2)cc1. The molecule has 11 rings (SSSR count). The van der Waals surface area contributed by atoms with Crippen molar-refractivity contribution < 1.29 is 4.42 Å². The Morgan fingerprint density at radius 2 is 1.02 bits per heavy atom. The third-order valence-corrected chi connectivity index (χ3v) is 10.5. The van der Waals surface area contributed by atoms with Crippen LogP contribution in [0.2, 0.25) is 0 Å². The highest BCUT2D eigenvalue weighted by atomic mass is 16.3. The third kappa shape index (κ3) is 4.32. The Morgan fingerprint density at radius 1 is 0.373 bits per heavy atom. The van der Waals surface area contributed by atoms with Gasteiger partial charge in [0, 0.05) is 54.6 Å². The van der Waals surface area contributed by atoms with Crippen LogP contribution in [-0.2, 0) is 0 Å². The van der Waals surface area contributed by atoms with Gasteiger partial charge in [0.1, 0.15) is 11.2 Å². The van der Waals surface area contributed by atoms with Gasteiger partial charge < -0.3 is 14.0 Å². The van der Waals surface area contributed by atoms with E-state index in [0.717, 1.165) is 49.8 Å². The highest BCUT2D eigenvalue weighted by Gasteiger charge is 2.19. The van der Waals surface area contributed by atoms with Crippen LogP contribution in [0.3, 0.4) is 0 Å². The highest BCUT2D eigenvalue weighted by molar-refractivity contribution is 6.14. The second kappa shape index (κ2) is 10.8. The fourth-order valence-corrected chi connectivity index (χ4v) is 8.11. The Bertz CT molecular complexity index is 3140. The molecule has 0 spiro atoms. The summed E-state index contributed by atoms with van der Waals surface area (Å²) in [4.78, 5) is 3.57. The zero-order chi connectivity index (χ0) is 33.5. The maximum atomic E-state index is 6.68. The van der Waals surface area contributed by atoms with Crippen molar-refractivity contribution in [2.24, 2.45) is 0 Å². The zero-order valence-corrected chi connectivity index (χ0v) is 27.6. The van der Waals surface area contributed by atoms with Crippen molar-refractivity contribution in [1.29, 1.82) is 0 Å². The topological polar surface area (TPSA) is 33.9 Å². The van der Waals surface area contributed by atoms with Crippen molar-refractivity contribution in [3.8, 4) is 39.1 Å². The second-order valence-electron chi connectivity index (χ2n) is 13.4. The summed E-state index contributed by atoms with van der Waals surface area (Å²) >= 11 is 0. The summed E-state index contributed by atoms with van der Waals surface area (Å²) in [5, 5.41) is 7.17. The average molecular weight is 651 g/mol. The minimum atomic E-state index is 0.890. The third-order valence-electron chi connectivity index (χ3n) is 10.5. The molecule has 3 heteroatoms. The molecule has 1 N–H and O–H groups in total. The summed E-state index contributed by atoms with van der Waals surface area (Å²) in [5.41, 5.74) is 14.5. The number of fused-ring (bicyclic) bond motifs is 9. The first-order valence-corrected chi connectivity index (χ1v) is 17.4. The van der Waals surface area contributed by atoms with E-state index in [1.54, 1.807) is 0 Å². The predicted octanol–water partition coefficient (Wildman–Crippen LogP) is 13.3. The lowest BCUT2D eigenvalue weighted by Crippen LogP contribution is -1.95. The first-order valence-electron chi connectivity index (χ1n) is 17.4. The molecule has 0 aliphatic heterocycles. The Morgan fingerprint density at radius 3 is 1.94 bits per heavy atom. The molecular weight excluding hydrogens is 621 g/mol. The molecule has 0 bridgehead atoms. The molecule has 0 saturated carbocycles. The molecule has 0 radical (unpaired) electrons. The standard InChI is InChI=1S/C48H30N2O/c1-2-11-30(12-3-1)32-22-24-46-41(27-32)37-16-5-8-19-45(37)50(46)35-28-39(48-42(29-35)38-17-6-9-20-47(38)51-48)34-14-10-13-31(25-34)33-21-23-44-40(26-33)36-15-4-7-18-43(36)49-44/h1-29,49H. The fourth-order valence-electron chi connectivity index (χ4n) is 8.11. The van der Waals surface area contributed by atoms with E-state index in [1.807, 2.05) is 6.07 Å². The van der Waals surface area contributed by atoms with Crippen LogP contribution in [-0.4, -0.2) is 9.55 Å². The Labute approximate surface area is 293 Å².